The van der Waals surface area contributed by atoms with Crippen molar-refractivity contribution in [1.82, 2.24) is 25.7 Å². The van der Waals surface area contributed by atoms with Crippen LogP contribution in [0.25, 0.3) is 11.6 Å². The Hall–Kier alpha value is -1.69. The Balaban J connectivity index is 2.10. The fourth-order valence-electron chi connectivity index (χ4n) is 1.07. The van der Waals surface area contributed by atoms with Crippen LogP contribution in [0.15, 0.2) is 16.7 Å². The SMILES string of the molecule is CNCCc1nnc(-c2ccn[nH]2)o1. The van der Waals surface area contributed by atoms with Crippen LogP contribution in [-0.2, 0) is 6.42 Å². The van der Waals surface area contributed by atoms with E-state index in [-0.39, 0.29) is 0 Å². The molecule has 0 radical (unpaired) electrons. The zero-order valence-electron chi connectivity index (χ0n) is 7.82. The molecule has 0 amide bonds. The lowest BCUT2D eigenvalue weighted by Crippen LogP contribution is -2.10. The van der Waals surface area contributed by atoms with E-state index in [1.54, 1.807) is 12.3 Å². The average Bonchev–Trinajstić information content (AvgIpc) is 2.85. The van der Waals surface area contributed by atoms with Crippen molar-refractivity contribution >= 4 is 0 Å². The van der Waals surface area contributed by atoms with Gasteiger partial charge in [-0.3, -0.25) is 5.10 Å². The van der Waals surface area contributed by atoms with Gasteiger partial charge < -0.3 is 9.73 Å². The molecule has 6 nitrogen and oxygen atoms in total. The summed E-state index contributed by atoms with van der Waals surface area (Å²) in [5.74, 6) is 1.11. The van der Waals surface area contributed by atoms with Gasteiger partial charge in [-0.25, -0.2) is 0 Å². The number of nitrogens with zero attached hydrogens (tertiary/aromatic N) is 3. The van der Waals surface area contributed by atoms with Gasteiger partial charge >= 0.3 is 0 Å². The third-order valence-corrected chi connectivity index (χ3v) is 1.79. The van der Waals surface area contributed by atoms with Crippen LogP contribution in [0.5, 0.6) is 0 Å². The summed E-state index contributed by atoms with van der Waals surface area (Å²) in [6.45, 7) is 0.824. The number of hydrogen-bond acceptors (Lipinski definition) is 5. The predicted molar refractivity (Wildman–Crippen MR) is 49.5 cm³/mol. The van der Waals surface area contributed by atoms with Crippen LogP contribution in [0, 0.1) is 0 Å². The third-order valence-electron chi connectivity index (χ3n) is 1.79. The second kappa shape index (κ2) is 4.01. The number of nitrogens with one attached hydrogen (secondary N) is 2. The first-order valence-electron chi connectivity index (χ1n) is 4.37. The summed E-state index contributed by atoms with van der Waals surface area (Å²) in [6, 6.07) is 1.79. The van der Waals surface area contributed by atoms with Crippen molar-refractivity contribution in [3.63, 3.8) is 0 Å². The normalized spacial score (nSPS) is 10.6. The van der Waals surface area contributed by atoms with E-state index in [2.05, 4.69) is 25.7 Å². The quantitative estimate of drug-likeness (QED) is 0.726. The molecule has 0 bridgehead atoms. The maximum Gasteiger partial charge on any atom is 0.265 e. The lowest BCUT2D eigenvalue weighted by atomic mass is 10.4. The molecule has 14 heavy (non-hydrogen) atoms. The van der Waals surface area contributed by atoms with Crippen molar-refractivity contribution in [2.75, 3.05) is 13.6 Å². The van der Waals surface area contributed by atoms with Gasteiger partial charge in [-0.1, -0.05) is 0 Å². The van der Waals surface area contributed by atoms with Gasteiger partial charge in [-0.15, -0.1) is 10.2 Å². The minimum Gasteiger partial charge on any atom is -0.419 e. The second-order valence-corrected chi connectivity index (χ2v) is 2.82. The van der Waals surface area contributed by atoms with E-state index in [0.717, 1.165) is 18.7 Å². The van der Waals surface area contributed by atoms with Gasteiger partial charge in [-0.2, -0.15) is 5.10 Å². The number of hydrogen-bond donors (Lipinski definition) is 2. The number of aromatic nitrogens is 4. The van der Waals surface area contributed by atoms with Gasteiger partial charge in [0, 0.05) is 19.2 Å². The zero-order chi connectivity index (χ0) is 9.80. The Kier molecular flexibility index (Phi) is 2.55. The first kappa shape index (κ1) is 8.89. The summed E-state index contributed by atoms with van der Waals surface area (Å²) in [5, 5.41) is 17.4. The van der Waals surface area contributed by atoms with Crippen LogP contribution in [0.2, 0.25) is 0 Å². The number of rotatable bonds is 4. The van der Waals surface area contributed by atoms with Gasteiger partial charge in [-0.05, 0) is 13.1 Å². The van der Waals surface area contributed by atoms with E-state index < -0.39 is 0 Å². The smallest absolute Gasteiger partial charge is 0.265 e. The van der Waals surface area contributed by atoms with E-state index in [1.807, 2.05) is 7.05 Å². The largest absolute Gasteiger partial charge is 0.419 e. The minimum atomic E-state index is 0.480. The molecule has 0 aliphatic rings. The highest BCUT2D eigenvalue weighted by atomic mass is 16.4. The molecular weight excluding hydrogens is 182 g/mol. The number of likely N-dealkylation sites (N-methyl/N-ethyl adjacent to an activating group) is 1. The Bertz CT molecular complexity index is 380. The van der Waals surface area contributed by atoms with Gasteiger partial charge in [0.2, 0.25) is 5.89 Å². The van der Waals surface area contributed by atoms with Crippen molar-refractivity contribution in [2.24, 2.45) is 0 Å². The van der Waals surface area contributed by atoms with Crippen LogP contribution < -0.4 is 5.32 Å². The summed E-state index contributed by atoms with van der Waals surface area (Å²) in [7, 11) is 1.88. The molecule has 0 fully saturated rings. The molecule has 0 aliphatic carbocycles. The van der Waals surface area contributed by atoms with E-state index in [0.29, 0.717) is 11.8 Å². The van der Waals surface area contributed by atoms with Crippen molar-refractivity contribution in [1.29, 1.82) is 0 Å². The molecule has 2 heterocycles. The predicted octanol–water partition coefficient (Wildman–Crippen LogP) is 0.222. The highest BCUT2D eigenvalue weighted by Gasteiger charge is 2.08. The van der Waals surface area contributed by atoms with Gasteiger partial charge in [0.1, 0.15) is 5.69 Å². The summed E-state index contributed by atoms with van der Waals surface area (Å²) < 4.78 is 5.40. The molecule has 0 aromatic carbocycles. The maximum atomic E-state index is 5.40. The first-order chi connectivity index (χ1) is 6.90. The highest BCUT2D eigenvalue weighted by molar-refractivity contribution is 5.44. The van der Waals surface area contributed by atoms with Crippen molar-refractivity contribution in [3.8, 4) is 11.6 Å². The maximum absolute atomic E-state index is 5.40. The molecule has 0 unspecified atom stereocenters. The average molecular weight is 193 g/mol. The highest BCUT2D eigenvalue weighted by Crippen LogP contribution is 2.13. The van der Waals surface area contributed by atoms with E-state index in [9.17, 15) is 0 Å². The van der Waals surface area contributed by atoms with Crippen LogP contribution >= 0.6 is 0 Å². The van der Waals surface area contributed by atoms with Crippen LogP contribution in [0.4, 0.5) is 0 Å². The molecule has 2 rings (SSSR count). The summed E-state index contributed by atoms with van der Waals surface area (Å²) in [6.07, 6.45) is 2.38. The minimum absolute atomic E-state index is 0.480. The third kappa shape index (κ3) is 1.80. The van der Waals surface area contributed by atoms with Crippen LogP contribution in [-0.4, -0.2) is 34.0 Å². The van der Waals surface area contributed by atoms with Crippen molar-refractivity contribution in [3.05, 3.63) is 18.2 Å². The summed E-state index contributed by atoms with van der Waals surface area (Å²) in [5.41, 5.74) is 0.744. The molecule has 0 aliphatic heterocycles. The van der Waals surface area contributed by atoms with Crippen LogP contribution in [0.1, 0.15) is 5.89 Å². The molecule has 6 heteroatoms. The molecule has 74 valence electrons. The molecule has 0 saturated heterocycles. The topological polar surface area (TPSA) is 79.6 Å². The molecular formula is C8H11N5O. The summed E-state index contributed by atoms with van der Waals surface area (Å²) >= 11 is 0. The lowest BCUT2D eigenvalue weighted by Gasteiger charge is -1.91. The molecule has 0 atom stereocenters. The molecule has 2 N–H and O–H groups in total. The van der Waals surface area contributed by atoms with E-state index in [4.69, 9.17) is 4.42 Å². The van der Waals surface area contributed by atoms with Crippen molar-refractivity contribution in [2.45, 2.75) is 6.42 Å². The van der Waals surface area contributed by atoms with Crippen LogP contribution in [0.3, 0.4) is 0 Å². The second-order valence-electron chi connectivity index (χ2n) is 2.82. The zero-order valence-corrected chi connectivity index (χ0v) is 7.82. The van der Waals surface area contributed by atoms with E-state index in [1.165, 1.54) is 0 Å². The first-order valence-corrected chi connectivity index (χ1v) is 4.37. The standard InChI is InChI=1S/C8H11N5O/c1-9-4-3-7-12-13-8(14-7)6-2-5-10-11-6/h2,5,9H,3-4H2,1H3,(H,10,11). The molecule has 0 saturated carbocycles. The summed E-state index contributed by atoms with van der Waals surface area (Å²) in [4.78, 5) is 0. The fraction of sp³-hybridized carbons (Fsp3) is 0.375. The Morgan fingerprint density at radius 1 is 1.50 bits per heavy atom. The van der Waals surface area contributed by atoms with Gasteiger partial charge in [0.05, 0.1) is 0 Å². The number of H-pyrrole nitrogens is 1. The van der Waals surface area contributed by atoms with Crippen molar-refractivity contribution < 1.29 is 4.42 Å². The number of aromatic amines is 1. The Morgan fingerprint density at radius 2 is 2.43 bits per heavy atom. The molecule has 2 aromatic rings. The van der Waals surface area contributed by atoms with Gasteiger partial charge in [0.25, 0.3) is 5.89 Å². The Labute approximate surface area is 80.7 Å². The van der Waals surface area contributed by atoms with Gasteiger partial charge in [0.15, 0.2) is 0 Å². The lowest BCUT2D eigenvalue weighted by molar-refractivity contribution is 0.498. The van der Waals surface area contributed by atoms with E-state index >= 15 is 0 Å². The fourth-order valence-corrected chi connectivity index (χ4v) is 1.07. The monoisotopic (exact) mass is 193 g/mol. The Morgan fingerprint density at radius 3 is 3.14 bits per heavy atom. The molecule has 2 aromatic heterocycles. The molecule has 0 spiro atoms.